The Morgan fingerprint density at radius 3 is 2.52 bits per heavy atom. The van der Waals surface area contributed by atoms with Crippen molar-refractivity contribution >= 4 is 23.9 Å². The summed E-state index contributed by atoms with van der Waals surface area (Å²) in [6, 6.07) is 12.4. The maximum Gasteiger partial charge on any atom is 0.310 e. The SMILES string of the molecule is CC(C)(C)OC(=O)Cc1cccc(COc2cc(Cl)cc(C=O)c2)c1. The molecule has 25 heavy (non-hydrogen) atoms. The van der Waals surface area contributed by atoms with Crippen molar-refractivity contribution in [1.29, 1.82) is 0 Å². The van der Waals surface area contributed by atoms with Crippen molar-refractivity contribution < 1.29 is 19.1 Å². The maximum absolute atomic E-state index is 11.9. The van der Waals surface area contributed by atoms with Gasteiger partial charge in [0.2, 0.25) is 0 Å². The highest BCUT2D eigenvalue weighted by Crippen LogP contribution is 2.21. The van der Waals surface area contributed by atoms with Gasteiger partial charge in [0, 0.05) is 10.6 Å². The van der Waals surface area contributed by atoms with Gasteiger partial charge in [-0.05, 0) is 50.1 Å². The van der Waals surface area contributed by atoms with E-state index in [0.717, 1.165) is 17.4 Å². The predicted octanol–water partition coefficient (Wildman–Crippen LogP) is 4.62. The standard InChI is InChI=1S/C20H21ClO4/c1-20(2,3)25-19(23)10-14-5-4-6-15(7-14)13-24-18-9-16(12-22)8-17(21)11-18/h4-9,11-12H,10,13H2,1-3H3. The lowest BCUT2D eigenvalue weighted by molar-refractivity contribution is -0.153. The van der Waals surface area contributed by atoms with Crippen molar-refractivity contribution in [1.82, 2.24) is 0 Å². The molecule has 0 N–H and O–H groups in total. The van der Waals surface area contributed by atoms with Crippen LogP contribution in [0.25, 0.3) is 0 Å². The molecule has 0 radical (unpaired) electrons. The highest BCUT2D eigenvalue weighted by atomic mass is 35.5. The first-order chi connectivity index (χ1) is 11.7. The van der Waals surface area contributed by atoms with Crippen LogP contribution < -0.4 is 4.74 Å². The molecule has 4 nitrogen and oxygen atoms in total. The zero-order chi connectivity index (χ0) is 18.4. The molecule has 0 fully saturated rings. The number of benzene rings is 2. The molecule has 0 bridgehead atoms. The Labute approximate surface area is 152 Å². The summed E-state index contributed by atoms with van der Waals surface area (Å²) < 4.78 is 11.0. The van der Waals surface area contributed by atoms with E-state index < -0.39 is 5.60 Å². The zero-order valence-electron chi connectivity index (χ0n) is 14.5. The summed E-state index contributed by atoms with van der Waals surface area (Å²) in [6.45, 7) is 5.83. The van der Waals surface area contributed by atoms with Crippen LogP contribution in [-0.2, 0) is 22.6 Å². The minimum absolute atomic E-state index is 0.206. The molecule has 0 unspecified atom stereocenters. The van der Waals surface area contributed by atoms with E-state index in [9.17, 15) is 9.59 Å². The molecule has 0 saturated carbocycles. The molecule has 0 aliphatic rings. The summed E-state index contributed by atoms with van der Waals surface area (Å²) in [5.74, 6) is 0.253. The average molecular weight is 361 g/mol. The van der Waals surface area contributed by atoms with E-state index in [1.807, 2.05) is 45.0 Å². The van der Waals surface area contributed by atoms with Gasteiger partial charge in [-0.2, -0.15) is 0 Å². The van der Waals surface area contributed by atoms with Crippen LogP contribution in [0, 0.1) is 0 Å². The average Bonchev–Trinajstić information content (AvgIpc) is 2.51. The third-order valence-corrected chi connectivity index (χ3v) is 3.41. The summed E-state index contributed by atoms with van der Waals surface area (Å²) in [5.41, 5.74) is 1.73. The molecule has 0 aromatic heterocycles. The van der Waals surface area contributed by atoms with E-state index >= 15 is 0 Å². The third-order valence-electron chi connectivity index (χ3n) is 3.20. The van der Waals surface area contributed by atoms with Crippen LogP contribution in [0.3, 0.4) is 0 Å². The van der Waals surface area contributed by atoms with E-state index in [0.29, 0.717) is 22.9 Å². The zero-order valence-corrected chi connectivity index (χ0v) is 15.3. The fraction of sp³-hybridized carbons (Fsp3) is 0.300. The molecule has 2 aromatic rings. The summed E-state index contributed by atoms with van der Waals surface area (Å²) in [5, 5.41) is 0.443. The molecule has 132 valence electrons. The second-order valence-electron chi connectivity index (χ2n) is 6.71. The quantitative estimate of drug-likeness (QED) is 0.557. The minimum atomic E-state index is -0.499. The smallest absolute Gasteiger partial charge is 0.310 e. The summed E-state index contributed by atoms with van der Waals surface area (Å²) in [4.78, 5) is 22.8. The lowest BCUT2D eigenvalue weighted by Gasteiger charge is -2.19. The fourth-order valence-corrected chi connectivity index (χ4v) is 2.51. The molecule has 0 heterocycles. The Bertz CT molecular complexity index is 763. The summed E-state index contributed by atoms with van der Waals surface area (Å²) >= 11 is 5.96. The second-order valence-corrected chi connectivity index (χ2v) is 7.15. The molecule has 0 aliphatic heterocycles. The number of esters is 1. The predicted molar refractivity (Wildman–Crippen MR) is 97.2 cm³/mol. The molecule has 0 aliphatic carbocycles. The number of rotatable bonds is 6. The molecular weight excluding hydrogens is 340 g/mol. The van der Waals surface area contributed by atoms with Crippen molar-refractivity contribution in [2.24, 2.45) is 0 Å². The van der Waals surface area contributed by atoms with E-state index in [4.69, 9.17) is 21.1 Å². The van der Waals surface area contributed by atoms with E-state index in [1.165, 1.54) is 0 Å². The first-order valence-corrected chi connectivity index (χ1v) is 8.31. The van der Waals surface area contributed by atoms with E-state index in [-0.39, 0.29) is 12.4 Å². The molecule has 0 atom stereocenters. The monoisotopic (exact) mass is 360 g/mol. The van der Waals surface area contributed by atoms with Gasteiger partial charge in [-0.3, -0.25) is 9.59 Å². The molecule has 0 amide bonds. The van der Waals surface area contributed by atoms with Crippen molar-refractivity contribution in [2.45, 2.75) is 39.4 Å². The Balaban J connectivity index is 2.01. The van der Waals surface area contributed by atoms with Crippen LogP contribution in [0.5, 0.6) is 5.75 Å². The van der Waals surface area contributed by atoms with Crippen molar-refractivity contribution in [2.75, 3.05) is 0 Å². The van der Waals surface area contributed by atoms with Gasteiger partial charge in [0.15, 0.2) is 0 Å². The first kappa shape index (κ1) is 19.0. The van der Waals surface area contributed by atoms with Crippen LogP contribution in [0.1, 0.15) is 42.3 Å². The highest BCUT2D eigenvalue weighted by Gasteiger charge is 2.16. The van der Waals surface area contributed by atoms with Crippen molar-refractivity contribution in [3.05, 3.63) is 64.2 Å². The summed E-state index contributed by atoms with van der Waals surface area (Å²) in [6.07, 6.45) is 0.928. The van der Waals surface area contributed by atoms with Crippen molar-refractivity contribution in [3.63, 3.8) is 0 Å². The molecule has 0 spiro atoms. The fourth-order valence-electron chi connectivity index (χ4n) is 2.28. The number of hydrogen-bond donors (Lipinski definition) is 0. The van der Waals surface area contributed by atoms with Gasteiger partial charge in [0.05, 0.1) is 6.42 Å². The van der Waals surface area contributed by atoms with Gasteiger partial charge in [0.25, 0.3) is 0 Å². The van der Waals surface area contributed by atoms with Crippen LogP contribution in [0.4, 0.5) is 0 Å². The number of aldehydes is 1. The maximum atomic E-state index is 11.9. The molecule has 0 saturated heterocycles. The topological polar surface area (TPSA) is 52.6 Å². The minimum Gasteiger partial charge on any atom is -0.489 e. The number of hydrogen-bond acceptors (Lipinski definition) is 4. The Kier molecular flexibility index (Phi) is 6.21. The van der Waals surface area contributed by atoms with Crippen LogP contribution in [-0.4, -0.2) is 17.9 Å². The number of halogens is 1. The largest absolute Gasteiger partial charge is 0.489 e. The van der Waals surface area contributed by atoms with Gasteiger partial charge in [0.1, 0.15) is 24.2 Å². The normalized spacial score (nSPS) is 11.0. The van der Waals surface area contributed by atoms with Gasteiger partial charge in [-0.15, -0.1) is 0 Å². The van der Waals surface area contributed by atoms with E-state index in [2.05, 4.69) is 0 Å². The van der Waals surface area contributed by atoms with Gasteiger partial charge < -0.3 is 9.47 Å². The van der Waals surface area contributed by atoms with Crippen molar-refractivity contribution in [3.8, 4) is 5.75 Å². The van der Waals surface area contributed by atoms with Gasteiger partial charge in [-0.25, -0.2) is 0 Å². The molecule has 5 heteroatoms. The van der Waals surface area contributed by atoms with Crippen LogP contribution in [0.15, 0.2) is 42.5 Å². The van der Waals surface area contributed by atoms with Gasteiger partial charge in [-0.1, -0.05) is 35.9 Å². The molecule has 2 aromatic carbocycles. The number of carbonyl (C=O) groups excluding carboxylic acids is 2. The Hall–Kier alpha value is -2.33. The Morgan fingerprint density at radius 1 is 1.12 bits per heavy atom. The summed E-state index contributed by atoms with van der Waals surface area (Å²) in [7, 11) is 0. The molecule has 2 rings (SSSR count). The van der Waals surface area contributed by atoms with Gasteiger partial charge >= 0.3 is 5.97 Å². The van der Waals surface area contributed by atoms with Crippen LogP contribution in [0.2, 0.25) is 5.02 Å². The lowest BCUT2D eigenvalue weighted by atomic mass is 10.1. The van der Waals surface area contributed by atoms with Crippen LogP contribution >= 0.6 is 11.6 Å². The Morgan fingerprint density at radius 2 is 1.84 bits per heavy atom. The first-order valence-electron chi connectivity index (χ1n) is 7.93. The lowest BCUT2D eigenvalue weighted by Crippen LogP contribution is -2.24. The third kappa shape index (κ3) is 6.59. The second kappa shape index (κ2) is 8.17. The highest BCUT2D eigenvalue weighted by molar-refractivity contribution is 6.31. The number of carbonyl (C=O) groups is 2. The number of ether oxygens (including phenoxy) is 2. The van der Waals surface area contributed by atoms with E-state index in [1.54, 1.807) is 18.2 Å². The molecular formula is C20H21ClO4.